The molecule has 1 aliphatic rings. The molecule has 2 aromatic heterocycles. The average Bonchev–Trinajstić information content (AvgIpc) is 3.65. The van der Waals surface area contributed by atoms with E-state index in [0.29, 0.717) is 36.0 Å². The molecule has 0 radical (unpaired) electrons. The second-order valence-corrected chi connectivity index (χ2v) is 25.4. The smallest absolute Gasteiger partial charge is 0.247 e. The number of aromatic nitrogens is 4. The minimum absolute atomic E-state index is 0.0533. The molecule has 5 rings (SSSR count). The van der Waals surface area contributed by atoms with Crippen LogP contribution in [0, 0.1) is 0 Å². The first-order chi connectivity index (χ1) is 23.0. The fourth-order valence-electron chi connectivity index (χ4n) is 5.11. The predicted molar refractivity (Wildman–Crippen MR) is 204 cm³/mol. The Morgan fingerprint density at radius 2 is 1.55 bits per heavy atom. The van der Waals surface area contributed by atoms with Gasteiger partial charge in [-0.1, -0.05) is 96.7 Å². The molecule has 2 N–H and O–H groups in total. The van der Waals surface area contributed by atoms with Crippen molar-refractivity contribution < 1.29 is 18.3 Å². The molecular formula is C37H54N6O4Si2. The third kappa shape index (κ3) is 8.43. The number of benzene rings is 2. The zero-order valence-corrected chi connectivity index (χ0v) is 32.8. The molecule has 4 aromatic rings. The Morgan fingerprint density at radius 3 is 2.18 bits per heavy atom. The second-order valence-electron chi connectivity index (χ2n) is 15.8. The standard InChI is InChI=1S/C37H54N6O4Si2/c1-12-22-44-34-32-33(39-35(40-34)42-41-28-20-18-27(19-21-28)26-16-14-13-15-17-26)43(25-38-32)31-23-29(47-49(10,11)37(5,6)7)30(46-31)24-45-48(8,9)36(2,3)4/h12-21,25,29-31,41H,1,22-24H2,2-11H3,(H,39,40,42)/t29-,30+,31+/m0/s1. The van der Waals surface area contributed by atoms with Crippen LogP contribution >= 0.6 is 0 Å². The van der Waals surface area contributed by atoms with Crippen LogP contribution in [0.15, 0.2) is 73.6 Å². The highest BCUT2D eigenvalue weighted by Gasteiger charge is 2.47. The molecular weight excluding hydrogens is 649 g/mol. The summed E-state index contributed by atoms with van der Waals surface area (Å²) in [6, 6.07) is 18.4. The van der Waals surface area contributed by atoms with Gasteiger partial charge < -0.3 is 18.3 Å². The van der Waals surface area contributed by atoms with E-state index in [4.69, 9.17) is 23.3 Å². The van der Waals surface area contributed by atoms with E-state index in [-0.39, 0.29) is 35.1 Å². The maximum absolute atomic E-state index is 7.02. The van der Waals surface area contributed by atoms with E-state index in [9.17, 15) is 0 Å². The van der Waals surface area contributed by atoms with Crippen LogP contribution in [0.2, 0.25) is 36.3 Å². The number of rotatable bonds is 13. The van der Waals surface area contributed by atoms with Crippen molar-refractivity contribution in [1.82, 2.24) is 19.5 Å². The Balaban J connectivity index is 1.41. The van der Waals surface area contributed by atoms with Crippen molar-refractivity contribution in [3.8, 4) is 17.0 Å². The molecule has 3 atom stereocenters. The van der Waals surface area contributed by atoms with Gasteiger partial charge >= 0.3 is 0 Å². The largest absolute Gasteiger partial charge is 0.472 e. The number of nitrogens with zero attached hydrogens (tertiary/aromatic N) is 4. The first-order valence-electron chi connectivity index (χ1n) is 17.1. The summed E-state index contributed by atoms with van der Waals surface area (Å²) in [7, 11) is -4.13. The minimum atomic E-state index is -2.11. The number of fused-ring (bicyclic) bond motifs is 1. The van der Waals surface area contributed by atoms with Crippen LogP contribution in [0.3, 0.4) is 0 Å². The highest BCUT2D eigenvalue weighted by molar-refractivity contribution is 6.74. The van der Waals surface area contributed by atoms with E-state index in [1.54, 1.807) is 12.4 Å². The summed E-state index contributed by atoms with van der Waals surface area (Å²) in [5.41, 5.74) is 10.7. The molecule has 0 spiro atoms. The van der Waals surface area contributed by atoms with E-state index < -0.39 is 16.6 Å². The fourth-order valence-corrected chi connectivity index (χ4v) is 7.48. The number of hydrogen-bond acceptors (Lipinski definition) is 9. The van der Waals surface area contributed by atoms with Gasteiger partial charge in [0.15, 0.2) is 27.8 Å². The number of nitrogens with one attached hydrogen (secondary N) is 2. The van der Waals surface area contributed by atoms with Crippen molar-refractivity contribution in [2.45, 2.75) is 103 Å². The summed E-state index contributed by atoms with van der Waals surface area (Å²) < 4.78 is 28.4. The lowest BCUT2D eigenvalue weighted by Gasteiger charge is -2.40. The Bertz CT molecular complexity index is 1720. The van der Waals surface area contributed by atoms with Crippen LogP contribution in [0.5, 0.6) is 5.88 Å². The van der Waals surface area contributed by atoms with Gasteiger partial charge in [0.2, 0.25) is 11.8 Å². The van der Waals surface area contributed by atoms with Crippen LogP contribution in [-0.4, -0.2) is 61.6 Å². The monoisotopic (exact) mass is 702 g/mol. The van der Waals surface area contributed by atoms with Gasteiger partial charge in [0.25, 0.3) is 0 Å². The van der Waals surface area contributed by atoms with Crippen LogP contribution < -0.4 is 15.6 Å². The Kier molecular flexibility index (Phi) is 10.8. The predicted octanol–water partition coefficient (Wildman–Crippen LogP) is 9.20. The molecule has 10 nitrogen and oxygen atoms in total. The fraction of sp³-hybridized carbons (Fsp3) is 0.486. The normalized spacial score (nSPS) is 18.9. The van der Waals surface area contributed by atoms with Gasteiger partial charge in [-0.2, -0.15) is 9.97 Å². The van der Waals surface area contributed by atoms with Crippen molar-refractivity contribution in [3.05, 3.63) is 73.6 Å². The summed E-state index contributed by atoms with van der Waals surface area (Å²) in [4.78, 5) is 14.2. The van der Waals surface area contributed by atoms with E-state index in [1.807, 2.05) is 34.9 Å². The van der Waals surface area contributed by atoms with Crippen molar-refractivity contribution in [3.63, 3.8) is 0 Å². The summed E-state index contributed by atoms with van der Waals surface area (Å²) in [6.07, 6.45) is 3.35. The lowest BCUT2D eigenvalue weighted by molar-refractivity contribution is -0.0383. The molecule has 0 unspecified atom stereocenters. The number of imidazole rings is 1. The Labute approximate surface area is 293 Å². The van der Waals surface area contributed by atoms with Crippen molar-refractivity contribution in [2.75, 3.05) is 24.1 Å². The molecule has 264 valence electrons. The molecule has 0 aliphatic carbocycles. The van der Waals surface area contributed by atoms with Gasteiger partial charge in [-0.05, 0) is 59.5 Å². The van der Waals surface area contributed by atoms with E-state index in [2.05, 4.69) is 119 Å². The Hall–Kier alpha value is -3.56. The molecule has 3 heterocycles. The highest BCUT2D eigenvalue weighted by Crippen LogP contribution is 2.43. The van der Waals surface area contributed by atoms with Gasteiger partial charge in [0, 0.05) is 6.42 Å². The van der Waals surface area contributed by atoms with Crippen LogP contribution in [0.4, 0.5) is 11.6 Å². The number of hydrogen-bond donors (Lipinski definition) is 2. The van der Waals surface area contributed by atoms with Crippen LogP contribution in [0.1, 0.15) is 54.2 Å². The lowest BCUT2D eigenvalue weighted by atomic mass is 10.1. The van der Waals surface area contributed by atoms with E-state index in [0.717, 1.165) is 16.8 Å². The van der Waals surface area contributed by atoms with Gasteiger partial charge in [-0.3, -0.25) is 15.4 Å². The first kappa shape index (κ1) is 36.7. The molecule has 0 saturated carbocycles. The third-order valence-corrected chi connectivity index (χ3v) is 19.2. The molecule has 2 aromatic carbocycles. The maximum Gasteiger partial charge on any atom is 0.247 e. The molecule has 1 aliphatic heterocycles. The average molecular weight is 703 g/mol. The highest BCUT2D eigenvalue weighted by atomic mass is 28.4. The van der Waals surface area contributed by atoms with E-state index >= 15 is 0 Å². The second kappa shape index (κ2) is 14.4. The summed E-state index contributed by atoms with van der Waals surface area (Å²) in [6.45, 7) is 27.2. The zero-order valence-electron chi connectivity index (χ0n) is 30.8. The molecule has 0 amide bonds. The lowest BCUT2D eigenvalue weighted by Crippen LogP contribution is -2.48. The summed E-state index contributed by atoms with van der Waals surface area (Å²) in [5.74, 6) is 0.697. The number of ether oxygens (including phenoxy) is 2. The quantitative estimate of drug-likeness (QED) is 0.0802. The zero-order chi connectivity index (χ0) is 35.6. The van der Waals surface area contributed by atoms with Gasteiger partial charge in [0.05, 0.1) is 24.7 Å². The van der Waals surface area contributed by atoms with Gasteiger partial charge in [0.1, 0.15) is 18.9 Å². The molecule has 49 heavy (non-hydrogen) atoms. The molecule has 12 heteroatoms. The van der Waals surface area contributed by atoms with Crippen molar-refractivity contribution in [1.29, 1.82) is 0 Å². The van der Waals surface area contributed by atoms with Gasteiger partial charge in [-0.15, -0.1) is 0 Å². The summed E-state index contributed by atoms with van der Waals surface area (Å²) in [5, 5.41) is 0.138. The first-order valence-corrected chi connectivity index (χ1v) is 22.9. The SMILES string of the molecule is C=CCOc1nc(NNc2ccc(-c3ccccc3)cc2)nc2c1ncn2[C@H]1C[C@H](O[Si](C)(C)C(C)(C)C)[C@@H](CO[Si](C)(C)C(C)(C)C)O1. The Morgan fingerprint density at radius 1 is 0.898 bits per heavy atom. The van der Waals surface area contributed by atoms with Gasteiger partial charge in [-0.25, -0.2) is 4.98 Å². The number of anilines is 2. The van der Waals surface area contributed by atoms with Crippen LogP contribution in [0.25, 0.3) is 22.3 Å². The van der Waals surface area contributed by atoms with Crippen molar-refractivity contribution >= 4 is 39.4 Å². The molecule has 0 bridgehead atoms. The third-order valence-electron chi connectivity index (χ3n) is 10.2. The molecule has 1 fully saturated rings. The molecule has 1 saturated heterocycles. The maximum atomic E-state index is 7.02. The topological polar surface area (TPSA) is 105 Å². The van der Waals surface area contributed by atoms with Crippen LogP contribution in [-0.2, 0) is 13.6 Å². The minimum Gasteiger partial charge on any atom is -0.472 e. The van der Waals surface area contributed by atoms with E-state index in [1.165, 1.54) is 0 Å². The summed E-state index contributed by atoms with van der Waals surface area (Å²) >= 11 is 0. The number of hydrazine groups is 1. The van der Waals surface area contributed by atoms with Crippen molar-refractivity contribution in [2.24, 2.45) is 0 Å².